The molecule has 1 saturated carbocycles. The molecule has 1 aromatic rings. The molecule has 112 valence electrons. The molecule has 1 aliphatic rings. The zero-order valence-corrected chi connectivity index (χ0v) is 14.0. The summed E-state index contributed by atoms with van der Waals surface area (Å²) in [6.45, 7) is 2.22. The Morgan fingerprint density at radius 1 is 1.20 bits per heavy atom. The average molecular weight is 315 g/mol. The minimum atomic E-state index is 0.316. The van der Waals surface area contributed by atoms with Crippen molar-refractivity contribution in [2.45, 2.75) is 50.7 Å². The predicted octanol–water partition coefficient (Wildman–Crippen LogP) is 4.52. The van der Waals surface area contributed by atoms with Crippen LogP contribution in [0.3, 0.4) is 0 Å². The maximum Gasteiger partial charge on any atom is 0.0468 e. The Morgan fingerprint density at radius 3 is 2.40 bits per heavy atom. The van der Waals surface area contributed by atoms with Crippen molar-refractivity contribution in [3.8, 4) is 0 Å². The molecule has 0 spiro atoms. The Hall–Kier alpha value is -0.280. The van der Waals surface area contributed by atoms with Gasteiger partial charge in [-0.25, -0.2) is 0 Å². The molecule has 2 nitrogen and oxygen atoms in total. The van der Waals surface area contributed by atoms with Gasteiger partial charge in [0.25, 0.3) is 0 Å². The third-order valence-electron chi connectivity index (χ3n) is 4.70. The van der Waals surface area contributed by atoms with E-state index in [4.69, 9.17) is 23.2 Å². The van der Waals surface area contributed by atoms with Gasteiger partial charge < -0.3 is 5.32 Å². The van der Waals surface area contributed by atoms with Crippen molar-refractivity contribution < 1.29 is 0 Å². The van der Waals surface area contributed by atoms with Crippen molar-refractivity contribution in [2.75, 3.05) is 14.1 Å². The Kier molecular flexibility index (Phi) is 5.74. The van der Waals surface area contributed by atoms with Gasteiger partial charge in [-0.3, -0.25) is 4.90 Å². The Morgan fingerprint density at radius 2 is 1.85 bits per heavy atom. The quantitative estimate of drug-likeness (QED) is 0.879. The van der Waals surface area contributed by atoms with Crippen molar-refractivity contribution in [3.05, 3.63) is 33.8 Å². The highest BCUT2D eigenvalue weighted by atomic mass is 35.5. The molecule has 1 unspecified atom stereocenters. The summed E-state index contributed by atoms with van der Waals surface area (Å²) in [4.78, 5) is 2.46. The maximum atomic E-state index is 6.33. The van der Waals surface area contributed by atoms with E-state index in [0.29, 0.717) is 23.1 Å². The number of benzene rings is 1. The van der Waals surface area contributed by atoms with Crippen LogP contribution in [0.2, 0.25) is 10.0 Å². The lowest BCUT2D eigenvalue weighted by atomic mass is 9.89. The number of nitrogens with zero attached hydrogens (tertiary/aromatic N) is 1. The van der Waals surface area contributed by atoms with Crippen LogP contribution in [-0.4, -0.2) is 31.1 Å². The molecular weight excluding hydrogens is 291 g/mol. The monoisotopic (exact) mass is 314 g/mol. The van der Waals surface area contributed by atoms with Crippen molar-refractivity contribution in [1.82, 2.24) is 10.2 Å². The van der Waals surface area contributed by atoms with E-state index in [1.165, 1.54) is 25.7 Å². The summed E-state index contributed by atoms with van der Waals surface area (Å²) in [6.07, 6.45) is 5.01. The molecule has 0 heterocycles. The molecule has 1 N–H and O–H groups in total. The second kappa shape index (κ2) is 7.13. The van der Waals surface area contributed by atoms with Gasteiger partial charge in [0.15, 0.2) is 0 Å². The highest BCUT2D eigenvalue weighted by Gasteiger charge is 2.26. The van der Waals surface area contributed by atoms with Gasteiger partial charge in [0.05, 0.1) is 0 Å². The van der Waals surface area contributed by atoms with Gasteiger partial charge in [-0.05, 0) is 64.4 Å². The lowest BCUT2D eigenvalue weighted by Gasteiger charge is -2.38. The number of hydrogen-bond acceptors (Lipinski definition) is 2. The molecule has 0 aromatic heterocycles. The van der Waals surface area contributed by atoms with E-state index in [0.717, 1.165) is 10.6 Å². The Labute approximate surface area is 132 Å². The first-order valence-corrected chi connectivity index (χ1v) is 8.12. The molecule has 0 amide bonds. The summed E-state index contributed by atoms with van der Waals surface area (Å²) in [5.41, 5.74) is 1.16. The maximum absolute atomic E-state index is 6.33. The molecule has 20 heavy (non-hydrogen) atoms. The number of rotatable bonds is 4. The van der Waals surface area contributed by atoms with Gasteiger partial charge in [-0.1, -0.05) is 29.3 Å². The van der Waals surface area contributed by atoms with Gasteiger partial charge in [-0.2, -0.15) is 0 Å². The molecule has 0 bridgehead atoms. The Bertz CT molecular complexity index is 442. The zero-order valence-electron chi connectivity index (χ0n) is 12.5. The topological polar surface area (TPSA) is 15.3 Å². The van der Waals surface area contributed by atoms with Crippen molar-refractivity contribution >= 4 is 23.2 Å². The predicted molar refractivity (Wildman–Crippen MR) is 87.7 cm³/mol. The van der Waals surface area contributed by atoms with Crippen LogP contribution in [0.25, 0.3) is 0 Å². The molecule has 1 fully saturated rings. The lowest BCUT2D eigenvalue weighted by molar-refractivity contribution is 0.136. The summed E-state index contributed by atoms with van der Waals surface area (Å²) in [5.74, 6) is 0. The summed E-state index contributed by atoms with van der Waals surface area (Å²) in [6, 6.07) is 7.45. The first kappa shape index (κ1) is 16.1. The number of hydrogen-bond donors (Lipinski definition) is 1. The molecule has 2 rings (SSSR count). The van der Waals surface area contributed by atoms with Crippen LogP contribution >= 0.6 is 23.2 Å². The number of halogens is 2. The van der Waals surface area contributed by atoms with Crippen molar-refractivity contribution in [3.63, 3.8) is 0 Å². The van der Waals surface area contributed by atoms with Gasteiger partial charge >= 0.3 is 0 Å². The largest absolute Gasteiger partial charge is 0.317 e. The summed E-state index contributed by atoms with van der Waals surface area (Å²) < 4.78 is 0. The highest BCUT2D eigenvalue weighted by molar-refractivity contribution is 6.35. The second-order valence-electron chi connectivity index (χ2n) is 5.80. The van der Waals surface area contributed by atoms with Crippen LogP contribution in [0.15, 0.2) is 18.2 Å². The standard InChI is InChI=1S/C16H24Cl2N2/c1-11(15-9-4-12(17)10-16(15)18)20(3)14-7-5-13(19-2)6-8-14/h4,9-11,13-14,19H,5-8H2,1-3H3. The van der Waals surface area contributed by atoms with Crippen molar-refractivity contribution in [1.29, 1.82) is 0 Å². The minimum Gasteiger partial charge on any atom is -0.317 e. The fourth-order valence-corrected chi connectivity index (χ4v) is 3.71. The molecule has 0 aliphatic heterocycles. The van der Waals surface area contributed by atoms with Gasteiger partial charge in [0, 0.05) is 28.2 Å². The van der Waals surface area contributed by atoms with E-state index in [9.17, 15) is 0 Å². The third kappa shape index (κ3) is 3.67. The summed E-state index contributed by atoms with van der Waals surface area (Å²) in [5, 5.41) is 4.85. The van der Waals surface area contributed by atoms with E-state index >= 15 is 0 Å². The van der Waals surface area contributed by atoms with E-state index in [1.54, 1.807) is 0 Å². The molecule has 0 saturated heterocycles. The molecule has 1 atom stereocenters. The SMILES string of the molecule is CNC1CCC(N(C)C(C)c2ccc(Cl)cc2Cl)CC1. The minimum absolute atomic E-state index is 0.316. The van der Waals surface area contributed by atoms with Crippen LogP contribution < -0.4 is 5.32 Å². The molecule has 0 radical (unpaired) electrons. The summed E-state index contributed by atoms with van der Waals surface area (Å²) in [7, 11) is 4.27. The fourth-order valence-electron chi connectivity index (χ4n) is 3.15. The Balaban J connectivity index is 2.03. The smallest absolute Gasteiger partial charge is 0.0468 e. The van der Waals surface area contributed by atoms with Gasteiger partial charge in [0.2, 0.25) is 0 Å². The molecule has 4 heteroatoms. The third-order valence-corrected chi connectivity index (χ3v) is 5.27. The molecular formula is C16H24Cl2N2. The van der Waals surface area contributed by atoms with E-state index < -0.39 is 0 Å². The molecule has 1 aromatic carbocycles. The first-order valence-electron chi connectivity index (χ1n) is 7.37. The first-order chi connectivity index (χ1) is 9.52. The summed E-state index contributed by atoms with van der Waals surface area (Å²) >= 11 is 12.3. The van der Waals surface area contributed by atoms with Crippen LogP contribution in [0.4, 0.5) is 0 Å². The fraction of sp³-hybridized carbons (Fsp3) is 0.625. The van der Waals surface area contributed by atoms with Crippen LogP contribution in [0, 0.1) is 0 Å². The van der Waals surface area contributed by atoms with Crippen LogP contribution in [0.5, 0.6) is 0 Å². The normalized spacial score (nSPS) is 24.9. The van der Waals surface area contributed by atoms with Crippen molar-refractivity contribution in [2.24, 2.45) is 0 Å². The second-order valence-corrected chi connectivity index (χ2v) is 6.65. The lowest BCUT2D eigenvalue weighted by Crippen LogP contribution is -2.40. The molecule has 1 aliphatic carbocycles. The number of nitrogens with one attached hydrogen (secondary N) is 1. The van der Waals surface area contributed by atoms with E-state index in [1.807, 2.05) is 18.2 Å². The van der Waals surface area contributed by atoms with Gasteiger partial charge in [0.1, 0.15) is 0 Å². The van der Waals surface area contributed by atoms with Crippen LogP contribution in [-0.2, 0) is 0 Å². The zero-order chi connectivity index (χ0) is 14.7. The van der Waals surface area contributed by atoms with Gasteiger partial charge in [-0.15, -0.1) is 0 Å². The van der Waals surface area contributed by atoms with E-state index in [2.05, 4.69) is 31.2 Å². The average Bonchev–Trinajstić information content (AvgIpc) is 2.46. The van der Waals surface area contributed by atoms with Crippen LogP contribution in [0.1, 0.15) is 44.2 Å². The highest BCUT2D eigenvalue weighted by Crippen LogP contribution is 2.33. The van der Waals surface area contributed by atoms with E-state index in [-0.39, 0.29) is 0 Å².